The second-order valence-corrected chi connectivity index (χ2v) is 8.09. The maximum absolute atomic E-state index is 12.2. The summed E-state index contributed by atoms with van der Waals surface area (Å²) in [5.74, 6) is -0.250. The zero-order valence-electron chi connectivity index (χ0n) is 14.0. The van der Waals surface area contributed by atoms with Gasteiger partial charge in [-0.05, 0) is 12.1 Å². The van der Waals surface area contributed by atoms with Gasteiger partial charge in [-0.2, -0.15) is 0 Å². The van der Waals surface area contributed by atoms with Gasteiger partial charge in [0.05, 0.1) is 5.75 Å². The fraction of sp³-hybridized carbons (Fsp3) is 0.333. The van der Waals surface area contributed by atoms with E-state index in [-0.39, 0.29) is 10.7 Å². The van der Waals surface area contributed by atoms with Gasteiger partial charge in [0, 0.05) is 21.2 Å². The van der Waals surface area contributed by atoms with Crippen LogP contribution in [0.1, 0.15) is 20.8 Å². The number of carbonyl (C=O) groups excluding carboxylic acids is 1. The smallest absolute Gasteiger partial charge is 0.341 e. The van der Waals surface area contributed by atoms with E-state index in [0.29, 0.717) is 17.2 Å². The number of rotatable bonds is 6. The molecule has 6 heteroatoms. The van der Waals surface area contributed by atoms with E-state index >= 15 is 0 Å². The molecule has 24 heavy (non-hydrogen) atoms. The molecule has 2 aromatic rings. The number of amides is 1. The van der Waals surface area contributed by atoms with Crippen molar-refractivity contribution < 1.29 is 19.4 Å². The van der Waals surface area contributed by atoms with E-state index in [9.17, 15) is 9.59 Å². The number of thioether (sulfide) groups is 1. The average Bonchev–Trinajstić information content (AvgIpc) is 2.51. The first-order chi connectivity index (χ1) is 11.3. The molecule has 0 bridgehead atoms. The van der Waals surface area contributed by atoms with Gasteiger partial charge in [-0.25, -0.2) is 4.79 Å². The number of fused-ring (bicyclic) bond motifs is 1. The van der Waals surface area contributed by atoms with E-state index in [2.05, 4.69) is 26.1 Å². The van der Waals surface area contributed by atoms with Crippen molar-refractivity contribution in [2.24, 2.45) is 0 Å². The van der Waals surface area contributed by atoms with Crippen molar-refractivity contribution in [1.29, 1.82) is 0 Å². The van der Waals surface area contributed by atoms with Gasteiger partial charge in [-0.1, -0.05) is 45.0 Å². The molecule has 2 aromatic carbocycles. The molecule has 0 aliphatic heterocycles. The summed E-state index contributed by atoms with van der Waals surface area (Å²) in [6.45, 7) is 5.79. The third-order valence-electron chi connectivity index (χ3n) is 3.15. The third kappa shape index (κ3) is 5.16. The van der Waals surface area contributed by atoms with Crippen molar-refractivity contribution in [1.82, 2.24) is 0 Å². The van der Waals surface area contributed by atoms with Gasteiger partial charge in [-0.15, -0.1) is 11.8 Å². The van der Waals surface area contributed by atoms with E-state index in [1.807, 2.05) is 24.3 Å². The number of ether oxygens (including phenoxy) is 1. The topological polar surface area (TPSA) is 75.6 Å². The number of hydrogen-bond acceptors (Lipinski definition) is 4. The Bertz CT molecular complexity index is 752. The number of carboxylic acid groups (broad SMARTS) is 1. The third-order valence-corrected chi connectivity index (χ3v) is 4.42. The van der Waals surface area contributed by atoms with Crippen LogP contribution < -0.4 is 10.1 Å². The lowest BCUT2D eigenvalue weighted by atomic mass is 10.1. The van der Waals surface area contributed by atoms with Gasteiger partial charge in [0.15, 0.2) is 6.61 Å². The summed E-state index contributed by atoms with van der Waals surface area (Å²) in [6.07, 6.45) is 0. The number of carboxylic acids is 1. The van der Waals surface area contributed by atoms with E-state index in [4.69, 9.17) is 9.84 Å². The molecule has 0 atom stereocenters. The molecule has 0 saturated carbocycles. The van der Waals surface area contributed by atoms with Crippen molar-refractivity contribution in [2.45, 2.75) is 25.5 Å². The monoisotopic (exact) mass is 347 g/mol. The van der Waals surface area contributed by atoms with E-state index in [1.165, 1.54) is 0 Å². The first-order valence-corrected chi connectivity index (χ1v) is 8.55. The molecule has 1 amide bonds. The van der Waals surface area contributed by atoms with Crippen LogP contribution >= 0.6 is 11.8 Å². The molecule has 0 unspecified atom stereocenters. The Morgan fingerprint density at radius 1 is 1.12 bits per heavy atom. The van der Waals surface area contributed by atoms with Crippen LogP contribution in [0.3, 0.4) is 0 Å². The Balaban J connectivity index is 2.21. The van der Waals surface area contributed by atoms with Crippen molar-refractivity contribution in [3.63, 3.8) is 0 Å². The molecule has 0 spiro atoms. The Labute approximate surface area is 145 Å². The molecule has 0 aromatic heterocycles. The zero-order chi connectivity index (χ0) is 17.7. The minimum atomic E-state index is -1.03. The second kappa shape index (κ2) is 7.57. The Kier molecular flexibility index (Phi) is 5.72. The Hall–Kier alpha value is -2.21. The minimum absolute atomic E-state index is 0.0218. The summed E-state index contributed by atoms with van der Waals surface area (Å²) in [4.78, 5) is 22.9. The highest BCUT2D eigenvalue weighted by Crippen LogP contribution is 2.32. The van der Waals surface area contributed by atoms with Crippen molar-refractivity contribution in [2.75, 3.05) is 17.7 Å². The van der Waals surface area contributed by atoms with Crippen LogP contribution in [0.5, 0.6) is 5.75 Å². The van der Waals surface area contributed by atoms with Crippen LogP contribution in [0.2, 0.25) is 0 Å². The lowest BCUT2D eigenvalue weighted by Crippen LogP contribution is -2.19. The van der Waals surface area contributed by atoms with Gasteiger partial charge in [0.25, 0.3) is 0 Å². The summed E-state index contributed by atoms with van der Waals surface area (Å²) < 4.78 is 5.34. The Morgan fingerprint density at radius 2 is 1.79 bits per heavy atom. The first-order valence-electron chi connectivity index (χ1n) is 7.56. The number of nitrogens with one attached hydrogen (secondary N) is 1. The predicted octanol–water partition coefficient (Wildman–Crippen LogP) is 3.77. The van der Waals surface area contributed by atoms with Gasteiger partial charge >= 0.3 is 5.97 Å². The fourth-order valence-electron chi connectivity index (χ4n) is 2.11. The molecule has 2 N–H and O–H groups in total. The summed E-state index contributed by atoms with van der Waals surface area (Å²) in [7, 11) is 0. The van der Waals surface area contributed by atoms with Gasteiger partial charge in [0.2, 0.25) is 5.91 Å². The molecule has 0 aliphatic rings. The molecule has 128 valence electrons. The summed E-state index contributed by atoms with van der Waals surface area (Å²) in [5.41, 5.74) is 0.688. The van der Waals surface area contributed by atoms with Crippen LogP contribution in [0.15, 0.2) is 36.4 Å². The maximum atomic E-state index is 12.2. The number of hydrogen-bond donors (Lipinski definition) is 2. The molecule has 2 rings (SSSR count). The minimum Gasteiger partial charge on any atom is -0.481 e. The average molecular weight is 347 g/mol. The van der Waals surface area contributed by atoms with Crippen LogP contribution in [-0.2, 0) is 9.59 Å². The van der Waals surface area contributed by atoms with Crippen LogP contribution in [0.25, 0.3) is 10.8 Å². The van der Waals surface area contributed by atoms with Gasteiger partial charge in [-0.3, -0.25) is 4.79 Å². The standard InChI is InChI=1S/C18H21NO4S/c1-18(2,3)24-11-16(20)19-14-8-9-15(23-10-17(21)22)13-7-5-4-6-12(13)14/h4-9H,10-11H2,1-3H3,(H,19,20)(H,21,22). The number of carbonyl (C=O) groups is 2. The molecule has 0 radical (unpaired) electrons. The summed E-state index contributed by atoms with van der Waals surface area (Å²) in [5, 5.41) is 13.3. The first kappa shape index (κ1) is 18.1. The second-order valence-electron chi connectivity index (χ2n) is 6.29. The molecule has 5 nitrogen and oxygen atoms in total. The van der Waals surface area contributed by atoms with E-state index in [1.54, 1.807) is 23.9 Å². The predicted molar refractivity (Wildman–Crippen MR) is 97.9 cm³/mol. The maximum Gasteiger partial charge on any atom is 0.341 e. The Morgan fingerprint density at radius 3 is 2.42 bits per heavy atom. The lowest BCUT2D eigenvalue weighted by Gasteiger charge is -2.17. The van der Waals surface area contributed by atoms with Crippen molar-refractivity contribution in [3.05, 3.63) is 36.4 Å². The highest BCUT2D eigenvalue weighted by molar-refractivity contribution is 8.01. The summed E-state index contributed by atoms with van der Waals surface area (Å²) in [6, 6.07) is 10.8. The van der Waals surface area contributed by atoms with Crippen molar-refractivity contribution >= 4 is 40.1 Å². The molecule has 0 heterocycles. The number of benzene rings is 2. The zero-order valence-corrected chi connectivity index (χ0v) is 14.8. The molecule has 0 fully saturated rings. The fourth-order valence-corrected chi connectivity index (χ4v) is 2.75. The van der Waals surface area contributed by atoms with Crippen molar-refractivity contribution in [3.8, 4) is 5.75 Å². The van der Waals surface area contributed by atoms with Crippen LogP contribution in [0.4, 0.5) is 5.69 Å². The number of aliphatic carboxylic acids is 1. The lowest BCUT2D eigenvalue weighted by molar-refractivity contribution is -0.139. The molecule has 0 aliphatic carbocycles. The largest absolute Gasteiger partial charge is 0.481 e. The number of anilines is 1. The van der Waals surface area contributed by atoms with Crippen LogP contribution in [0, 0.1) is 0 Å². The van der Waals surface area contributed by atoms with Gasteiger partial charge in [0.1, 0.15) is 5.75 Å². The normalized spacial score (nSPS) is 11.3. The molecular formula is C18H21NO4S. The highest BCUT2D eigenvalue weighted by atomic mass is 32.2. The van der Waals surface area contributed by atoms with Gasteiger partial charge < -0.3 is 15.2 Å². The quantitative estimate of drug-likeness (QED) is 0.832. The van der Waals surface area contributed by atoms with Crippen LogP contribution in [-0.4, -0.2) is 34.1 Å². The van der Waals surface area contributed by atoms with E-state index in [0.717, 1.165) is 10.8 Å². The van der Waals surface area contributed by atoms with E-state index < -0.39 is 12.6 Å². The SMILES string of the molecule is CC(C)(C)SCC(=O)Nc1ccc(OCC(=O)O)c2ccccc12. The summed E-state index contributed by atoms with van der Waals surface area (Å²) >= 11 is 1.58. The molecular weight excluding hydrogens is 326 g/mol. The molecule has 0 saturated heterocycles. The highest BCUT2D eigenvalue weighted by Gasteiger charge is 2.15.